The zero-order valence-corrected chi connectivity index (χ0v) is 10.9. The number of hydrogen-bond acceptors (Lipinski definition) is 1. The normalized spacial score (nSPS) is 31.2. The fourth-order valence-corrected chi connectivity index (χ4v) is 3.81. The lowest BCUT2D eigenvalue weighted by Gasteiger charge is -2.29. The second-order valence-electron chi connectivity index (χ2n) is 6.36. The third-order valence-electron chi connectivity index (χ3n) is 4.40. The largest absolute Gasteiger partial charge is 0.328 e. The lowest BCUT2D eigenvalue weighted by molar-refractivity contribution is 0.374. The van der Waals surface area contributed by atoms with Gasteiger partial charge in [0.15, 0.2) is 0 Å². The summed E-state index contributed by atoms with van der Waals surface area (Å²) in [6, 6.07) is 0.657. The summed E-state index contributed by atoms with van der Waals surface area (Å²) in [6.45, 7) is 9.44. The Morgan fingerprint density at radius 2 is 2.06 bits per heavy atom. The van der Waals surface area contributed by atoms with Gasteiger partial charge in [0.1, 0.15) is 5.82 Å². The van der Waals surface area contributed by atoms with Crippen LogP contribution in [0.25, 0.3) is 0 Å². The highest BCUT2D eigenvalue weighted by atomic mass is 15.1. The Balaban J connectivity index is 2.22. The van der Waals surface area contributed by atoms with Gasteiger partial charge in [0.05, 0.1) is 5.69 Å². The summed E-state index contributed by atoms with van der Waals surface area (Å²) in [7, 11) is 0. The maximum absolute atomic E-state index is 4.92. The molecule has 1 aliphatic heterocycles. The molecule has 0 saturated carbocycles. The minimum absolute atomic E-state index is 0.325. The molecule has 1 aliphatic carbocycles. The van der Waals surface area contributed by atoms with Gasteiger partial charge in [-0.05, 0) is 26.2 Å². The number of aryl methyl sites for hydroxylation is 1. The molecule has 16 heavy (non-hydrogen) atoms. The van der Waals surface area contributed by atoms with Gasteiger partial charge in [-0.25, -0.2) is 4.98 Å². The summed E-state index contributed by atoms with van der Waals surface area (Å²) in [4.78, 5) is 4.92. The smallest absolute Gasteiger partial charge is 0.109 e. The van der Waals surface area contributed by atoms with Crippen molar-refractivity contribution >= 4 is 0 Å². The Hall–Kier alpha value is -0.790. The van der Waals surface area contributed by atoms with E-state index >= 15 is 0 Å². The number of imidazole rings is 1. The first-order valence-corrected chi connectivity index (χ1v) is 6.62. The van der Waals surface area contributed by atoms with E-state index in [1.165, 1.54) is 37.2 Å². The average molecular weight is 218 g/mol. The van der Waals surface area contributed by atoms with Gasteiger partial charge >= 0.3 is 0 Å². The van der Waals surface area contributed by atoms with Crippen molar-refractivity contribution in [2.75, 3.05) is 0 Å². The van der Waals surface area contributed by atoms with Crippen molar-refractivity contribution in [3.63, 3.8) is 0 Å². The van der Waals surface area contributed by atoms with Gasteiger partial charge in [-0.3, -0.25) is 0 Å². The van der Waals surface area contributed by atoms with E-state index in [2.05, 4.69) is 32.3 Å². The van der Waals surface area contributed by atoms with Crippen molar-refractivity contribution in [1.82, 2.24) is 9.55 Å². The van der Waals surface area contributed by atoms with E-state index in [4.69, 9.17) is 4.98 Å². The van der Waals surface area contributed by atoms with E-state index in [1.807, 2.05) is 0 Å². The predicted octanol–water partition coefficient (Wildman–Crippen LogP) is 3.57. The van der Waals surface area contributed by atoms with Crippen LogP contribution in [0.3, 0.4) is 0 Å². The highest BCUT2D eigenvalue weighted by Gasteiger charge is 2.41. The summed E-state index contributed by atoms with van der Waals surface area (Å²) >= 11 is 0. The van der Waals surface area contributed by atoms with Crippen LogP contribution in [0.1, 0.15) is 76.1 Å². The first kappa shape index (κ1) is 10.4. The lowest BCUT2D eigenvalue weighted by Crippen LogP contribution is -2.24. The second kappa shape index (κ2) is 3.12. The molecule has 0 N–H and O–H groups in total. The van der Waals surface area contributed by atoms with Crippen LogP contribution in [0.5, 0.6) is 0 Å². The molecule has 88 valence electrons. The monoisotopic (exact) mass is 218 g/mol. The summed E-state index contributed by atoms with van der Waals surface area (Å²) in [6.07, 6.45) is 5.07. The van der Waals surface area contributed by atoms with Gasteiger partial charge < -0.3 is 4.57 Å². The van der Waals surface area contributed by atoms with Gasteiger partial charge in [-0.1, -0.05) is 20.8 Å². The molecule has 2 nitrogen and oxygen atoms in total. The minimum atomic E-state index is 0.325. The third kappa shape index (κ3) is 1.22. The average Bonchev–Trinajstić information content (AvgIpc) is 2.66. The molecule has 2 unspecified atom stereocenters. The lowest BCUT2D eigenvalue weighted by atomic mass is 9.88. The summed E-state index contributed by atoms with van der Waals surface area (Å²) < 4.78 is 2.56. The zero-order valence-electron chi connectivity index (χ0n) is 10.9. The Morgan fingerprint density at radius 3 is 2.81 bits per heavy atom. The van der Waals surface area contributed by atoms with Gasteiger partial charge in [0.25, 0.3) is 0 Å². The number of rotatable bonds is 0. The van der Waals surface area contributed by atoms with E-state index in [0.717, 1.165) is 0 Å². The molecule has 3 rings (SSSR count). The van der Waals surface area contributed by atoms with Crippen LogP contribution < -0.4 is 0 Å². The quantitative estimate of drug-likeness (QED) is 0.651. The van der Waals surface area contributed by atoms with Gasteiger partial charge in [0, 0.05) is 29.5 Å². The number of fused-ring (bicyclic) bond motifs is 3. The fourth-order valence-electron chi connectivity index (χ4n) is 3.81. The van der Waals surface area contributed by atoms with Crippen molar-refractivity contribution in [2.24, 2.45) is 0 Å². The first-order chi connectivity index (χ1) is 7.50. The summed E-state index contributed by atoms with van der Waals surface area (Å²) in [5, 5.41) is 0. The van der Waals surface area contributed by atoms with Crippen LogP contribution in [0.4, 0.5) is 0 Å². The van der Waals surface area contributed by atoms with Crippen LogP contribution in [0.2, 0.25) is 0 Å². The molecule has 2 aliphatic rings. The molecule has 0 amide bonds. The van der Waals surface area contributed by atoms with Crippen molar-refractivity contribution in [3.8, 4) is 0 Å². The molecule has 0 bridgehead atoms. The minimum Gasteiger partial charge on any atom is -0.328 e. The van der Waals surface area contributed by atoms with Crippen LogP contribution in [0.15, 0.2) is 0 Å². The molecule has 1 aromatic heterocycles. The van der Waals surface area contributed by atoms with Crippen LogP contribution in [-0.4, -0.2) is 9.55 Å². The zero-order chi connectivity index (χ0) is 11.5. The van der Waals surface area contributed by atoms with E-state index in [1.54, 1.807) is 5.69 Å². The van der Waals surface area contributed by atoms with Crippen LogP contribution >= 0.6 is 0 Å². The molecule has 2 heteroatoms. The van der Waals surface area contributed by atoms with E-state index in [-0.39, 0.29) is 0 Å². The number of hydrogen-bond donors (Lipinski definition) is 0. The molecule has 0 spiro atoms. The van der Waals surface area contributed by atoms with Crippen molar-refractivity contribution in [1.29, 1.82) is 0 Å². The van der Waals surface area contributed by atoms with E-state index in [0.29, 0.717) is 17.4 Å². The first-order valence-electron chi connectivity index (χ1n) is 6.62. The third-order valence-corrected chi connectivity index (χ3v) is 4.40. The molecular formula is C14H22N2. The summed E-state index contributed by atoms with van der Waals surface area (Å²) in [5.41, 5.74) is 3.27. The molecule has 0 radical (unpaired) electrons. The molecule has 1 aromatic rings. The highest BCUT2D eigenvalue weighted by molar-refractivity contribution is 5.35. The topological polar surface area (TPSA) is 17.8 Å². The Labute approximate surface area is 98.1 Å². The second-order valence-corrected chi connectivity index (χ2v) is 6.36. The molecule has 0 fully saturated rings. The number of aromatic nitrogens is 2. The van der Waals surface area contributed by atoms with Crippen molar-refractivity contribution in [2.45, 2.75) is 70.8 Å². The van der Waals surface area contributed by atoms with Crippen molar-refractivity contribution < 1.29 is 0 Å². The predicted molar refractivity (Wildman–Crippen MR) is 65.9 cm³/mol. The van der Waals surface area contributed by atoms with Crippen LogP contribution in [0, 0.1) is 0 Å². The number of nitrogens with zero attached hydrogens (tertiary/aromatic N) is 2. The van der Waals surface area contributed by atoms with Crippen LogP contribution in [-0.2, 0) is 11.8 Å². The SMILES string of the molecule is CC1CC(C)(C)c2c1nc1n2C(C)CCC1. The van der Waals surface area contributed by atoms with Crippen molar-refractivity contribution in [3.05, 3.63) is 17.2 Å². The standard InChI is InChI=1S/C14H22N2/c1-9-8-14(3,4)13-12(9)15-11-7-5-6-10(2)16(11)13/h9-10H,5-8H2,1-4H3. The maximum Gasteiger partial charge on any atom is 0.109 e. The molecule has 2 heterocycles. The van der Waals surface area contributed by atoms with Gasteiger partial charge in [-0.15, -0.1) is 0 Å². The fraction of sp³-hybridized carbons (Fsp3) is 0.786. The summed E-state index contributed by atoms with van der Waals surface area (Å²) in [5.74, 6) is 2.00. The molecule has 0 aromatic carbocycles. The Morgan fingerprint density at radius 1 is 1.31 bits per heavy atom. The van der Waals surface area contributed by atoms with Gasteiger partial charge in [0.2, 0.25) is 0 Å². The molecule has 0 saturated heterocycles. The van der Waals surface area contributed by atoms with E-state index in [9.17, 15) is 0 Å². The highest BCUT2D eigenvalue weighted by Crippen LogP contribution is 2.47. The van der Waals surface area contributed by atoms with Gasteiger partial charge in [-0.2, -0.15) is 0 Å². The molecule has 2 atom stereocenters. The Kier molecular flexibility index (Phi) is 2.02. The maximum atomic E-state index is 4.92. The van der Waals surface area contributed by atoms with E-state index < -0.39 is 0 Å². The molecular weight excluding hydrogens is 196 g/mol. The Bertz CT molecular complexity index is 428.